The fourth-order valence-electron chi connectivity index (χ4n) is 4.91. The molecule has 0 N–H and O–H groups in total. The van der Waals surface area contributed by atoms with E-state index in [1.165, 1.54) is 37.1 Å². The summed E-state index contributed by atoms with van der Waals surface area (Å²) in [6.07, 6.45) is 10.6. The standard InChI is InChI=1S/2C16H20O3S.Ca/c2*1-2-3-4-5-8-13-11-15(20(17,18)19)12-14-9-6-7-10-16(13)14;/h2*6-7,9-12H,2-5,8H2,1H3,(H,17,18,19);/q;;+2/p-2. The molecule has 0 bridgehead atoms. The molecular weight excluding hydrogens is 585 g/mol. The van der Waals surface area contributed by atoms with Crippen molar-refractivity contribution in [3.8, 4) is 0 Å². The molecule has 0 unspecified atom stereocenters. The Labute approximate surface area is 275 Å². The number of rotatable bonds is 12. The molecule has 0 aliphatic rings. The summed E-state index contributed by atoms with van der Waals surface area (Å²) in [5.74, 6) is 0. The van der Waals surface area contributed by atoms with Gasteiger partial charge in [0.25, 0.3) is 0 Å². The Morgan fingerprint density at radius 1 is 0.537 bits per heavy atom. The molecule has 9 heteroatoms. The molecule has 0 atom stereocenters. The SMILES string of the molecule is CCCCCCc1cc(S(=O)(=O)[O-])cc2ccccc12.CCCCCCc1cc(S(=O)(=O)[O-])cc2ccccc12.[Ca+2]. The molecule has 0 saturated carbocycles. The molecule has 0 aliphatic carbocycles. The minimum atomic E-state index is -4.40. The smallest absolute Gasteiger partial charge is 0.744 e. The van der Waals surface area contributed by atoms with E-state index in [1.807, 2.05) is 48.5 Å². The molecule has 0 radical (unpaired) electrons. The van der Waals surface area contributed by atoms with Gasteiger partial charge >= 0.3 is 37.7 Å². The van der Waals surface area contributed by atoms with E-state index >= 15 is 0 Å². The minimum Gasteiger partial charge on any atom is -0.744 e. The monoisotopic (exact) mass is 622 g/mol. The topological polar surface area (TPSA) is 114 Å². The van der Waals surface area contributed by atoms with Crippen LogP contribution in [0.5, 0.6) is 0 Å². The van der Waals surface area contributed by atoms with Gasteiger partial charge in [-0.3, -0.25) is 0 Å². The fourth-order valence-corrected chi connectivity index (χ4v) is 6.02. The molecule has 0 spiro atoms. The van der Waals surface area contributed by atoms with E-state index in [9.17, 15) is 25.9 Å². The first-order valence-corrected chi connectivity index (χ1v) is 16.8. The van der Waals surface area contributed by atoms with Crippen LogP contribution in [0.15, 0.2) is 82.6 Å². The molecule has 4 aromatic rings. The Morgan fingerprint density at radius 2 is 0.902 bits per heavy atom. The van der Waals surface area contributed by atoms with Crippen LogP contribution in [0, 0.1) is 0 Å². The maximum Gasteiger partial charge on any atom is 2.00 e. The zero-order valence-corrected chi connectivity index (χ0v) is 27.8. The average Bonchev–Trinajstić information content (AvgIpc) is 2.92. The molecule has 6 nitrogen and oxygen atoms in total. The molecule has 0 fully saturated rings. The quantitative estimate of drug-likeness (QED) is 0.0927. The van der Waals surface area contributed by atoms with Crippen molar-refractivity contribution in [1.29, 1.82) is 0 Å². The van der Waals surface area contributed by atoms with Gasteiger partial charge in [-0.25, -0.2) is 16.8 Å². The van der Waals surface area contributed by atoms with Gasteiger partial charge in [-0.2, -0.15) is 0 Å². The van der Waals surface area contributed by atoms with Crippen LogP contribution in [-0.2, 0) is 33.1 Å². The molecule has 0 amide bonds. The second-order valence-electron chi connectivity index (χ2n) is 10.1. The molecular formula is C32H38CaO6S2. The number of hydrogen-bond donors (Lipinski definition) is 0. The van der Waals surface area contributed by atoms with Crippen molar-refractivity contribution in [3.05, 3.63) is 83.9 Å². The molecule has 0 aromatic heterocycles. The zero-order chi connectivity index (χ0) is 29.2. The second kappa shape index (κ2) is 16.9. The first kappa shape index (κ1) is 35.7. The van der Waals surface area contributed by atoms with Crippen LogP contribution >= 0.6 is 0 Å². The van der Waals surface area contributed by atoms with Gasteiger partial charge in [0, 0.05) is 0 Å². The number of benzene rings is 4. The second-order valence-corrected chi connectivity index (χ2v) is 12.9. The van der Waals surface area contributed by atoms with E-state index in [4.69, 9.17) is 0 Å². The molecule has 0 saturated heterocycles. The van der Waals surface area contributed by atoms with Gasteiger partial charge in [0.2, 0.25) is 0 Å². The molecule has 4 aromatic carbocycles. The maximum absolute atomic E-state index is 11.2. The third-order valence-corrected chi connectivity index (χ3v) is 8.64. The molecule has 41 heavy (non-hydrogen) atoms. The van der Waals surface area contributed by atoms with Crippen molar-refractivity contribution in [3.63, 3.8) is 0 Å². The Bertz CT molecular complexity index is 1510. The third-order valence-electron chi connectivity index (χ3n) is 7.02. The van der Waals surface area contributed by atoms with Gasteiger partial charge in [0.15, 0.2) is 0 Å². The summed E-state index contributed by atoms with van der Waals surface area (Å²) in [4.78, 5) is -0.247. The van der Waals surface area contributed by atoms with Crippen molar-refractivity contribution >= 4 is 79.5 Å². The normalized spacial score (nSPS) is 11.6. The summed E-state index contributed by atoms with van der Waals surface area (Å²) in [6.45, 7) is 4.31. The van der Waals surface area contributed by atoms with E-state index in [0.29, 0.717) is 0 Å². The Hall–Kier alpha value is -1.52. The summed E-state index contributed by atoms with van der Waals surface area (Å²) in [6, 6.07) is 21.2. The Balaban J connectivity index is 0.000000280. The van der Waals surface area contributed by atoms with Crippen molar-refractivity contribution in [2.45, 2.75) is 87.8 Å². The van der Waals surface area contributed by atoms with Crippen LogP contribution in [0.2, 0.25) is 0 Å². The van der Waals surface area contributed by atoms with Crippen molar-refractivity contribution in [2.24, 2.45) is 0 Å². The van der Waals surface area contributed by atoms with Gasteiger partial charge in [-0.1, -0.05) is 101 Å². The van der Waals surface area contributed by atoms with Gasteiger partial charge in [0.1, 0.15) is 20.2 Å². The minimum absolute atomic E-state index is 0. The molecule has 0 aliphatic heterocycles. The van der Waals surface area contributed by atoms with Crippen molar-refractivity contribution in [2.75, 3.05) is 0 Å². The van der Waals surface area contributed by atoms with E-state index in [2.05, 4.69) is 13.8 Å². The number of fused-ring (bicyclic) bond motifs is 2. The predicted octanol–water partition coefficient (Wildman–Crippen LogP) is 7.35. The van der Waals surface area contributed by atoms with Crippen molar-refractivity contribution in [1.82, 2.24) is 0 Å². The van der Waals surface area contributed by atoms with E-state index in [1.54, 1.807) is 0 Å². The summed E-state index contributed by atoms with van der Waals surface area (Å²) >= 11 is 0. The average molecular weight is 623 g/mol. The van der Waals surface area contributed by atoms with Gasteiger partial charge in [-0.05, 0) is 82.6 Å². The summed E-state index contributed by atoms with van der Waals surface area (Å²) < 4.78 is 67.5. The first-order chi connectivity index (χ1) is 19.0. The molecule has 0 heterocycles. The van der Waals surface area contributed by atoms with Crippen LogP contribution in [-0.4, -0.2) is 63.7 Å². The fraction of sp³-hybridized carbons (Fsp3) is 0.375. The molecule has 4 rings (SSSR count). The van der Waals surface area contributed by atoms with Crippen LogP contribution in [0.3, 0.4) is 0 Å². The number of hydrogen-bond acceptors (Lipinski definition) is 6. The van der Waals surface area contributed by atoms with Gasteiger partial charge in [-0.15, -0.1) is 0 Å². The summed E-state index contributed by atoms with van der Waals surface area (Å²) in [5.41, 5.74) is 1.90. The van der Waals surface area contributed by atoms with E-state index in [-0.39, 0.29) is 47.5 Å². The predicted molar refractivity (Wildman–Crippen MR) is 165 cm³/mol. The number of aryl methyl sites for hydroxylation is 2. The summed E-state index contributed by atoms with van der Waals surface area (Å²) in [5, 5.41) is 3.71. The van der Waals surface area contributed by atoms with Crippen LogP contribution in [0.1, 0.15) is 76.3 Å². The van der Waals surface area contributed by atoms with E-state index < -0.39 is 20.2 Å². The van der Waals surface area contributed by atoms with Gasteiger partial charge in [0.05, 0.1) is 9.79 Å². The molecule has 216 valence electrons. The van der Waals surface area contributed by atoms with E-state index in [0.717, 1.165) is 84.0 Å². The Morgan fingerprint density at radius 3 is 1.24 bits per heavy atom. The van der Waals surface area contributed by atoms with Crippen LogP contribution in [0.25, 0.3) is 21.5 Å². The van der Waals surface area contributed by atoms with Crippen LogP contribution in [0.4, 0.5) is 0 Å². The first-order valence-electron chi connectivity index (χ1n) is 14.0. The largest absolute Gasteiger partial charge is 2.00 e. The van der Waals surface area contributed by atoms with Crippen LogP contribution < -0.4 is 0 Å². The zero-order valence-electron chi connectivity index (χ0n) is 24.0. The third kappa shape index (κ3) is 10.9. The summed E-state index contributed by atoms with van der Waals surface area (Å²) in [7, 11) is -8.80. The van der Waals surface area contributed by atoms with Gasteiger partial charge < -0.3 is 9.11 Å². The number of unbranched alkanes of at least 4 members (excludes halogenated alkanes) is 6. The van der Waals surface area contributed by atoms with Crippen molar-refractivity contribution < 1.29 is 25.9 Å². The Kier molecular flexibility index (Phi) is 14.7. The maximum atomic E-state index is 11.2.